The second-order valence-corrected chi connectivity index (χ2v) is 4.49. The van der Waals surface area contributed by atoms with Crippen molar-refractivity contribution in [3.05, 3.63) is 24.0 Å². The minimum Gasteiger partial charge on any atom is -0.484 e. The summed E-state index contributed by atoms with van der Waals surface area (Å²) < 4.78 is 6.01. The van der Waals surface area contributed by atoms with E-state index in [0.717, 1.165) is 25.9 Å². The van der Waals surface area contributed by atoms with E-state index < -0.39 is 0 Å². The van der Waals surface area contributed by atoms with Crippen molar-refractivity contribution in [1.82, 2.24) is 10.3 Å². The van der Waals surface area contributed by atoms with E-state index in [1.54, 1.807) is 6.20 Å². The topological polar surface area (TPSA) is 51.2 Å². The van der Waals surface area contributed by atoms with Crippen LogP contribution in [0.5, 0.6) is 5.75 Å². The molecule has 3 rings (SSSR count). The number of carbonyl (C=O) groups excluding carboxylic acids is 1. The number of fused-ring (bicyclic) bond motifs is 1. The van der Waals surface area contributed by atoms with Gasteiger partial charge in [0.25, 0.3) is 0 Å². The van der Waals surface area contributed by atoms with Gasteiger partial charge < -0.3 is 10.1 Å². The van der Waals surface area contributed by atoms with Crippen molar-refractivity contribution in [1.29, 1.82) is 0 Å². The van der Waals surface area contributed by atoms with Crippen molar-refractivity contribution in [2.75, 3.05) is 13.1 Å². The van der Waals surface area contributed by atoms with Crippen LogP contribution in [0.15, 0.2) is 18.3 Å². The molecule has 4 heteroatoms. The summed E-state index contributed by atoms with van der Waals surface area (Å²) >= 11 is 0. The first-order chi connectivity index (χ1) is 7.79. The predicted molar refractivity (Wildman–Crippen MR) is 58.6 cm³/mol. The Hall–Kier alpha value is -1.42. The molecule has 0 aromatic carbocycles. The summed E-state index contributed by atoms with van der Waals surface area (Å²) in [5, 5.41) is 3.29. The molecule has 4 nitrogen and oxygen atoms in total. The van der Waals surface area contributed by atoms with Gasteiger partial charge in [0.05, 0.1) is 6.42 Å². The van der Waals surface area contributed by atoms with Crippen LogP contribution in [-0.2, 0) is 0 Å². The normalized spacial score (nSPS) is 22.6. The highest BCUT2D eigenvalue weighted by atomic mass is 16.5. The Kier molecular flexibility index (Phi) is 2.17. The molecular weight excluding hydrogens is 204 g/mol. The molecule has 3 heterocycles. The SMILES string of the molecule is O=C1CC2(CCNCC2)Oc2cccnc21. The quantitative estimate of drug-likeness (QED) is 0.710. The largest absolute Gasteiger partial charge is 0.484 e. The molecule has 0 atom stereocenters. The number of hydrogen-bond acceptors (Lipinski definition) is 4. The minimum absolute atomic E-state index is 0.115. The van der Waals surface area contributed by atoms with Crippen molar-refractivity contribution in [3.63, 3.8) is 0 Å². The van der Waals surface area contributed by atoms with Crippen molar-refractivity contribution >= 4 is 5.78 Å². The van der Waals surface area contributed by atoms with Gasteiger partial charge in [-0.2, -0.15) is 0 Å². The van der Waals surface area contributed by atoms with Crippen molar-refractivity contribution in [2.24, 2.45) is 0 Å². The summed E-state index contributed by atoms with van der Waals surface area (Å²) in [7, 11) is 0. The third-order valence-corrected chi connectivity index (χ3v) is 3.36. The maximum absolute atomic E-state index is 12.0. The summed E-state index contributed by atoms with van der Waals surface area (Å²) in [5.41, 5.74) is 0.213. The van der Waals surface area contributed by atoms with Gasteiger partial charge in [-0.05, 0) is 25.2 Å². The lowest BCUT2D eigenvalue weighted by Crippen LogP contribution is -2.49. The van der Waals surface area contributed by atoms with Gasteiger partial charge in [-0.15, -0.1) is 0 Å². The highest BCUT2D eigenvalue weighted by Crippen LogP contribution is 2.36. The second-order valence-electron chi connectivity index (χ2n) is 4.49. The molecular formula is C12H14N2O2. The molecule has 1 spiro atoms. The van der Waals surface area contributed by atoms with Gasteiger partial charge in [-0.25, -0.2) is 4.98 Å². The number of hydrogen-bond donors (Lipinski definition) is 1. The molecule has 16 heavy (non-hydrogen) atoms. The zero-order chi connectivity index (χ0) is 11.0. The summed E-state index contributed by atoms with van der Waals surface area (Å²) in [4.78, 5) is 16.1. The lowest BCUT2D eigenvalue weighted by molar-refractivity contribution is 0.0178. The first kappa shape index (κ1) is 9.78. The number of carbonyl (C=O) groups is 1. The van der Waals surface area contributed by atoms with Crippen molar-refractivity contribution < 1.29 is 9.53 Å². The maximum atomic E-state index is 12.0. The van der Waals surface area contributed by atoms with Crippen LogP contribution in [0.25, 0.3) is 0 Å². The molecule has 1 aromatic heterocycles. The molecule has 0 radical (unpaired) electrons. The lowest BCUT2D eigenvalue weighted by Gasteiger charge is -2.40. The molecule has 84 valence electrons. The molecule has 1 aromatic rings. The fourth-order valence-corrected chi connectivity index (χ4v) is 2.49. The van der Waals surface area contributed by atoms with E-state index >= 15 is 0 Å². The summed E-state index contributed by atoms with van der Waals surface area (Å²) in [6.07, 6.45) is 3.90. The predicted octanol–water partition coefficient (Wildman–Crippen LogP) is 1.17. The molecule has 0 bridgehead atoms. The van der Waals surface area contributed by atoms with E-state index in [0.29, 0.717) is 17.9 Å². The molecule has 2 aliphatic heterocycles. The summed E-state index contributed by atoms with van der Waals surface area (Å²) in [6, 6.07) is 3.65. The third kappa shape index (κ3) is 1.50. The Bertz CT molecular complexity index is 425. The number of nitrogens with one attached hydrogen (secondary N) is 1. The zero-order valence-electron chi connectivity index (χ0n) is 9.03. The molecule has 0 saturated carbocycles. The van der Waals surface area contributed by atoms with Crippen LogP contribution >= 0.6 is 0 Å². The van der Waals surface area contributed by atoms with Crippen molar-refractivity contribution in [2.45, 2.75) is 24.9 Å². The van der Waals surface area contributed by atoms with Crippen LogP contribution in [-0.4, -0.2) is 29.5 Å². The molecule has 1 fully saturated rings. The van der Waals surface area contributed by atoms with Crippen LogP contribution in [0.2, 0.25) is 0 Å². The summed E-state index contributed by atoms with van der Waals surface area (Å²) in [6.45, 7) is 1.84. The average molecular weight is 218 g/mol. The van der Waals surface area contributed by atoms with Crippen LogP contribution in [0, 0.1) is 0 Å². The third-order valence-electron chi connectivity index (χ3n) is 3.36. The fourth-order valence-electron chi connectivity index (χ4n) is 2.49. The van der Waals surface area contributed by atoms with E-state index in [1.165, 1.54) is 0 Å². The first-order valence-electron chi connectivity index (χ1n) is 5.67. The minimum atomic E-state index is -0.279. The van der Waals surface area contributed by atoms with Gasteiger partial charge in [0.15, 0.2) is 5.78 Å². The average Bonchev–Trinajstić information content (AvgIpc) is 2.30. The Morgan fingerprint density at radius 1 is 1.38 bits per heavy atom. The van der Waals surface area contributed by atoms with Gasteiger partial charge in [0.2, 0.25) is 0 Å². The summed E-state index contributed by atoms with van der Waals surface area (Å²) in [5.74, 6) is 0.768. The number of rotatable bonds is 0. The van der Waals surface area contributed by atoms with Gasteiger partial charge in [0, 0.05) is 19.0 Å². The lowest BCUT2D eigenvalue weighted by atomic mass is 9.84. The van der Waals surface area contributed by atoms with Gasteiger partial charge in [-0.3, -0.25) is 4.79 Å². The first-order valence-corrected chi connectivity index (χ1v) is 5.67. The highest BCUT2D eigenvalue weighted by molar-refractivity contribution is 5.98. The smallest absolute Gasteiger partial charge is 0.188 e. The number of ketones is 1. The molecule has 0 unspecified atom stereocenters. The molecule has 1 saturated heterocycles. The van der Waals surface area contributed by atoms with E-state index in [-0.39, 0.29) is 11.4 Å². The number of Topliss-reactive ketones (excluding diaryl/α,β-unsaturated/α-hetero) is 1. The van der Waals surface area contributed by atoms with Gasteiger partial charge >= 0.3 is 0 Å². The maximum Gasteiger partial charge on any atom is 0.188 e. The molecule has 0 aliphatic carbocycles. The fraction of sp³-hybridized carbons (Fsp3) is 0.500. The standard InChI is InChI=1S/C12H14N2O2/c15-9-8-12(3-6-13-7-4-12)16-10-2-1-5-14-11(9)10/h1-2,5,13H,3-4,6-8H2. The van der Waals surface area contributed by atoms with E-state index in [1.807, 2.05) is 12.1 Å². The number of nitrogens with zero attached hydrogens (tertiary/aromatic N) is 1. The number of ether oxygens (including phenoxy) is 1. The van der Waals surface area contributed by atoms with Crippen LogP contribution < -0.4 is 10.1 Å². The molecule has 2 aliphatic rings. The Morgan fingerprint density at radius 3 is 3.00 bits per heavy atom. The highest BCUT2D eigenvalue weighted by Gasteiger charge is 2.41. The van der Waals surface area contributed by atoms with E-state index in [4.69, 9.17) is 4.74 Å². The second kappa shape index (κ2) is 3.56. The van der Waals surface area contributed by atoms with E-state index in [9.17, 15) is 4.79 Å². The number of aromatic nitrogens is 1. The van der Waals surface area contributed by atoms with Gasteiger partial charge in [0.1, 0.15) is 17.0 Å². The van der Waals surface area contributed by atoms with E-state index in [2.05, 4.69) is 10.3 Å². The van der Waals surface area contributed by atoms with Gasteiger partial charge in [-0.1, -0.05) is 0 Å². The monoisotopic (exact) mass is 218 g/mol. The Labute approximate surface area is 94.0 Å². The zero-order valence-corrected chi connectivity index (χ0v) is 9.03. The molecule has 0 amide bonds. The molecule has 1 N–H and O–H groups in total. The van der Waals surface area contributed by atoms with Crippen LogP contribution in [0.3, 0.4) is 0 Å². The Morgan fingerprint density at radius 2 is 2.19 bits per heavy atom. The van der Waals surface area contributed by atoms with Crippen molar-refractivity contribution in [3.8, 4) is 5.75 Å². The Balaban J connectivity index is 1.96. The number of pyridine rings is 1. The number of piperidine rings is 1. The van der Waals surface area contributed by atoms with Crippen LogP contribution in [0.4, 0.5) is 0 Å². The van der Waals surface area contributed by atoms with Crippen LogP contribution in [0.1, 0.15) is 29.8 Å².